The topological polar surface area (TPSA) is 63.3 Å². The third-order valence-corrected chi connectivity index (χ3v) is 4.18. The molecule has 1 aromatic rings. The summed E-state index contributed by atoms with van der Waals surface area (Å²) in [6, 6.07) is 9.93. The summed E-state index contributed by atoms with van der Waals surface area (Å²) in [5.41, 5.74) is 6.59. The van der Waals surface area contributed by atoms with E-state index in [-0.39, 0.29) is 5.92 Å². The molecule has 0 aliphatic heterocycles. The minimum Gasteiger partial charge on any atom is -0.481 e. The first kappa shape index (κ1) is 18.7. The Bertz CT molecular complexity index is 392. The fraction of sp³-hybridized carbons (Fsp3) is 0.632. The van der Waals surface area contributed by atoms with Crippen molar-refractivity contribution in [3.8, 4) is 0 Å². The maximum atomic E-state index is 11.4. The Morgan fingerprint density at radius 2 is 1.45 bits per heavy atom. The van der Waals surface area contributed by atoms with Crippen LogP contribution in [0.5, 0.6) is 0 Å². The van der Waals surface area contributed by atoms with E-state index < -0.39 is 5.97 Å². The summed E-state index contributed by atoms with van der Waals surface area (Å²) in [5, 5.41) is 9.35. The molecule has 124 valence electrons. The van der Waals surface area contributed by atoms with Crippen LogP contribution >= 0.6 is 0 Å². The van der Waals surface area contributed by atoms with E-state index in [4.69, 9.17) is 5.73 Å². The number of nitrogens with two attached hydrogens (primary N) is 1. The van der Waals surface area contributed by atoms with Crippen molar-refractivity contribution in [2.45, 2.75) is 64.2 Å². The van der Waals surface area contributed by atoms with Crippen LogP contribution in [-0.4, -0.2) is 17.6 Å². The van der Waals surface area contributed by atoms with Gasteiger partial charge >= 0.3 is 5.97 Å². The summed E-state index contributed by atoms with van der Waals surface area (Å²) in [5.74, 6) is -0.905. The summed E-state index contributed by atoms with van der Waals surface area (Å²) >= 11 is 0. The number of hydrogen-bond acceptors (Lipinski definition) is 2. The van der Waals surface area contributed by atoms with Gasteiger partial charge in [-0.15, -0.1) is 0 Å². The number of aliphatic carboxylic acids is 1. The lowest BCUT2D eigenvalue weighted by molar-refractivity contribution is -0.142. The highest BCUT2D eigenvalue weighted by molar-refractivity contribution is 5.70. The molecule has 0 bridgehead atoms. The Kier molecular flexibility index (Phi) is 10.4. The number of benzene rings is 1. The van der Waals surface area contributed by atoms with Crippen LogP contribution in [-0.2, 0) is 11.2 Å². The van der Waals surface area contributed by atoms with Gasteiger partial charge in [0.15, 0.2) is 0 Å². The average Bonchev–Trinajstić information content (AvgIpc) is 2.53. The summed E-state index contributed by atoms with van der Waals surface area (Å²) in [6.07, 6.45) is 11.0. The first-order valence-corrected chi connectivity index (χ1v) is 8.71. The van der Waals surface area contributed by atoms with Crippen molar-refractivity contribution in [3.05, 3.63) is 35.9 Å². The predicted molar refractivity (Wildman–Crippen MR) is 91.9 cm³/mol. The van der Waals surface area contributed by atoms with Crippen molar-refractivity contribution in [3.63, 3.8) is 0 Å². The second-order valence-corrected chi connectivity index (χ2v) is 6.13. The number of carboxylic acids is 1. The molecule has 22 heavy (non-hydrogen) atoms. The monoisotopic (exact) mass is 305 g/mol. The fourth-order valence-electron chi connectivity index (χ4n) is 2.81. The lowest BCUT2D eigenvalue weighted by atomic mass is 9.93. The van der Waals surface area contributed by atoms with E-state index in [1.165, 1.54) is 32.1 Å². The zero-order chi connectivity index (χ0) is 16.0. The normalized spacial score (nSPS) is 12.2. The van der Waals surface area contributed by atoms with E-state index in [1.54, 1.807) is 0 Å². The van der Waals surface area contributed by atoms with Gasteiger partial charge in [-0.2, -0.15) is 0 Å². The average molecular weight is 305 g/mol. The van der Waals surface area contributed by atoms with Crippen LogP contribution in [0.1, 0.15) is 63.4 Å². The molecule has 3 nitrogen and oxygen atoms in total. The van der Waals surface area contributed by atoms with Crippen molar-refractivity contribution in [1.82, 2.24) is 0 Å². The molecular weight excluding hydrogens is 274 g/mol. The van der Waals surface area contributed by atoms with E-state index in [1.807, 2.05) is 30.3 Å². The Morgan fingerprint density at radius 3 is 2.00 bits per heavy atom. The smallest absolute Gasteiger partial charge is 0.306 e. The summed E-state index contributed by atoms with van der Waals surface area (Å²) in [7, 11) is 0. The molecule has 1 rings (SSSR count). The highest BCUT2D eigenvalue weighted by atomic mass is 16.4. The Morgan fingerprint density at radius 1 is 0.909 bits per heavy atom. The van der Waals surface area contributed by atoms with Crippen LogP contribution in [0.3, 0.4) is 0 Å². The molecule has 0 fully saturated rings. The van der Waals surface area contributed by atoms with E-state index in [9.17, 15) is 9.90 Å². The number of hydrogen-bond donors (Lipinski definition) is 2. The Balaban J connectivity index is 2.11. The van der Waals surface area contributed by atoms with Gasteiger partial charge in [-0.3, -0.25) is 4.79 Å². The number of rotatable bonds is 13. The molecule has 0 saturated heterocycles. The van der Waals surface area contributed by atoms with Gasteiger partial charge < -0.3 is 10.8 Å². The van der Waals surface area contributed by atoms with Gasteiger partial charge in [0.2, 0.25) is 0 Å². The summed E-state index contributed by atoms with van der Waals surface area (Å²) in [4.78, 5) is 11.4. The molecule has 3 heteroatoms. The molecule has 1 atom stereocenters. The molecule has 0 radical (unpaired) electrons. The van der Waals surface area contributed by atoms with E-state index in [2.05, 4.69) is 0 Å². The van der Waals surface area contributed by atoms with Gasteiger partial charge in [0.1, 0.15) is 0 Å². The molecule has 1 unspecified atom stereocenters. The summed E-state index contributed by atoms with van der Waals surface area (Å²) in [6.45, 7) is 0.804. The number of carbonyl (C=O) groups is 1. The van der Waals surface area contributed by atoms with Crippen LogP contribution in [0.2, 0.25) is 0 Å². The van der Waals surface area contributed by atoms with Gasteiger partial charge in [0, 0.05) is 0 Å². The number of carboxylic acid groups (broad SMARTS) is 1. The standard InChI is InChI=1S/C19H31NO2/c20-15-11-6-4-2-1-3-5-10-14-18(19(21)22)16-17-12-8-7-9-13-17/h7-9,12-13,18H,1-6,10-11,14-16,20H2,(H,21,22). The first-order chi connectivity index (χ1) is 10.7. The molecule has 0 aromatic heterocycles. The van der Waals surface area contributed by atoms with Gasteiger partial charge in [0.05, 0.1) is 5.92 Å². The minimum absolute atomic E-state index is 0.244. The molecular formula is C19H31NO2. The van der Waals surface area contributed by atoms with Crippen molar-refractivity contribution in [2.75, 3.05) is 6.54 Å². The van der Waals surface area contributed by atoms with E-state index in [0.717, 1.165) is 37.8 Å². The zero-order valence-corrected chi connectivity index (χ0v) is 13.7. The Hall–Kier alpha value is -1.35. The van der Waals surface area contributed by atoms with Crippen molar-refractivity contribution in [2.24, 2.45) is 11.7 Å². The largest absolute Gasteiger partial charge is 0.481 e. The summed E-state index contributed by atoms with van der Waals surface area (Å²) < 4.78 is 0. The van der Waals surface area contributed by atoms with Gasteiger partial charge in [-0.05, 0) is 31.4 Å². The zero-order valence-electron chi connectivity index (χ0n) is 13.7. The molecule has 1 aromatic carbocycles. The molecule has 0 aliphatic rings. The first-order valence-electron chi connectivity index (χ1n) is 8.71. The third kappa shape index (κ3) is 8.83. The van der Waals surface area contributed by atoms with Crippen LogP contribution in [0.4, 0.5) is 0 Å². The van der Waals surface area contributed by atoms with Crippen molar-refractivity contribution in [1.29, 1.82) is 0 Å². The molecule has 0 heterocycles. The fourth-order valence-corrected chi connectivity index (χ4v) is 2.81. The quantitative estimate of drug-likeness (QED) is 0.531. The highest BCUT2D eigenvalue weighted by Gasteiger charge is 2.17. The molecule has 0 amide bonds. The molecule has 0 saturated carbocycles. The maximum absolute atomic E-state index is 11.4. The lowest BCUT2D eigenvalue weighted by Crippen LogP contribution is -2.16. The van der Waals surface area contributed by atoms with Gasteiger partial charge in [0.25, 0.3) is 0 Å². The molecule has 0 aliphatic carbocycles. The minimum atomic E-state index is -0.661. The lowest BCUT2D eigenvalue weighted by Gasteiger charge is -2.12. The van der Waals surface area contributed by atoms with Crippen LogP contribution in [0, 0.1) is 5.92 Å². The van der Waals surface area contributed by atoms with E-state index >= 15 is 0 Å². The van der Waals surface area contributed by atoms with E-state index in [0.29, 0.717) is 6.42 Å². The third-order valence-electron chi connectivity index (χ3n) is 4.18. The second-order valence-electron chi connectivity index (χ2n) is 6.13. The highest BCUT2D eigenvalue weighted by Crippen LogP contribution is 2.17. The Labute approximate surface area is 134 Å². The predicted octanol–water partition coefficient (Wildman–Crippen LogP) is 4.40. The van der Waals surface area contributed by atoms with Crippen molar-refractivity contribution >= 4 is 5.97 Å². The van der Waals surface area contributed by atoms with Gasteiger partial charge in [-0.25, -0.2) is 0 Å². The number of unbranched alkanes of at least 4 members (excludes halogenated alkanes) is 7. The SMILES string of the molecule is NCCCCCCCCCCC(Cc1ccccc1)C(=O)O. The van der Waals surface area contributed by atoms with Crippen molar-refractivity contribution < 1.29 is 9.90 Å². The molecule has 0 spiro atoms. The van der Waals surface area contributed by atoms with Crippen LogP contribution < -0.4 is 5.73 Å². The van der Waals surface area contributed by atoms with Gasteiger partial charge in [-0.1, -0.05) is 75.3 Å². The van der Waals surface area contributed by atoms with Crippen LogP contribution in [0.15, 0.2) is 30.3 Å². The van der Waals surface area contributed by atoms with Crippen LogP contribution in [0.25, 0.3) is 0 Å². The molecule has 3 N–H and O–H groups in total. The second kappa shape index (κ2) is 12.2. The maximum Gasteiger partial charge on any atom is 0.306 e.